The highest BCUT2D eigenvalue weighted by atomic mass is 16.5. The molecular weight excluding hydrogens is 270 g/mol. The van der Waals surface area contributed by atoms with E-state index in [1.165, 1.54) is 0 Å². The maximum atomic E-state index is 9.16. The SMILES string of the molecule is COc1cc(CO)ccc1Oc1nccc2c1ncn2C. The fourth-order valence-electron chi connectivity index (χ4n) is 2.11. The molecule has 1 N–H and O–H groups in total. The third-order valence-corrected chi connectivity index (χ3v) is 3.23. The summed E-state index contributed by atoms with van der Waals surface area (Å²) in [7, 11) is 3.47. The normalized spacial score (nSPS) is 10.8. The fraction of sp³-hybridized carbons (Fsp3) is 0.200. The number of ether oxygens (including phenoxy) is 2. The molecule has 0 saturated heterocycles. The summed E-state index contributed by atoms with van der Waals surface area (Å²) in [6, 6.07) is 7.12. The molecule has 3 rings (SSSR count). The summed E-state index contributed by atoms with van der Waals surface area (Å²) in [5, 5.41) is 9.16. The molecule has 2 heterocycles. The number of aliphatic hydroxyl groups is 1. The van der Waals surface area contributed by atoms with Gasteiger partial charge in [0.05, 0.1) is 25.6 Å². The minimum absolute atomic E-state index is 0.0509. The molecule has 0 aliphatic heterocycles. The Labute approximate surface area is 121 Å². The molecular formula is C15H15N3O3. The number of aliphatic hydroxyl groups excluding tert-OH is 1. The minimum Gasteiger partial charge on any atom is -0.493 e. The zero-order valence-corrected chi connectivity index (χ0v) is 11.8. The number of rotatable bonds is 4. The van der Waals surface area contributed by atoms with Crippen LogP contribution in [0.25, 0.3) is 11.0 Å². The van der Waals surface area contributed by atoms with Crippen LogP contribution in [0.2, 0.25) is 0 Å². The molecule has 0 aliphatic rings. The third kappa shape index (κ3) is 2.41. The van der Waals surface area contributed by atoms with Gasteiger partial charge in [-0.1, -0.05) is 6.07 Å². The first-order valence-electron chi connectivity index (χ1n) is 6.44. The summed E-state index contributed by atoms with van der Waals surface area (Å²) < 4.78 is 13.0. The van der Waals surface area contributed by atoms with E-state index >= 15 is 0 Å². The van der Waals surface area contributed by atoms with E-state index in [2.05, 4.69) is 9.97 Å². The van der Waals surface area contributed by atoms with Crippen molar-refractivity contribution in [3.05, 3.63) is 42.4 Å². The first kappa shape index (κ1) is 13.4. The van der Waals surface area contributed by atoms with Crippen molar-refractivity contribution in [2.24, 2.45) is 7.05 Å². The van der Waals surface area contributed by atoms with Crippen LogP contribution in [-0.2, 0) is 13.7 Å². The van der Waals surface area contributed by atoms with Gasteiger partial charge in [-0.05, 0) is 23.8 Å². The van der Waals surface area contributed by atoms with Gasteiger partial charge < -0.3 is 19.1 Å². The van der Waals surface area contributed by atoms with Crippen LogP contribution in [0.5, 0.6) is 17.4 Å². The summed E-state index contributed by atoms with van der Waals surface area (Å²) in [6.07, 6.45) is 3.39. The number of aromatic nitrogens is 3. The Morgan fingerprint density at radius 1 is 1.19 bits per heavy atom. The fourth-order valence-corrected chi connectivity index (χ4v) is 2.11. The van der Waals surface area contributed by atoms with Crippen LogP contribution in [0.1, 0.15) is 5.56 Å². The quantitative estimate of drug-likeness (QED) is 0.796. The molecule has 0 fully saturated rings. The second-order valence-corrected chi connectivity index (χ2v) is 4.58. The van der Waals surface area contributed by atoms with Gasteiger partial charge in [0.25, 0.3) is 0 Å². The molecule has 3 aromatic rings. The highest BCUT2D eigenvalue weighted by Crippen LogP contribution is 2.33. The molecule has 1 aromatic carbocycles. The van der Waals surface area contributed by atoms with E-state index in [4.69, 9.17) is 14.6 Å². The molecule has 6 heteroatoms. The van der Waals surface area contributed by atoms with Crippen molar-refractivity contribution in [1.82, 2.24) is 14.5 Å². The summed E-state index contributed by atoms with van der Waals surface area (Å²) in [6.45, 7) is -0.0509. The average molecular weight is 285 g/mol. The van der Waals surface area contributed by atoms with Crippen molar-refractivity contribution < 1.29 is 14.6 Å². The standard InChI is InChI=1S/C15H15N3O3/c1-18-9-17-14-11(18)5-6-16-15(14)21-12-4-3-10(8-19)7-13(12)20-2/h3-7,9,19H,8H2,1-2H3. The predicted octanol–water partition coefficient (Wildman–Crippen LogP) is 2.26. The van der Waals surface area contributed by atoms with Crippen molar-refractivity contribution in [2.75, 3.05) is 7.11 Å². The number of hydrogen-bond acceptors (Lipinski definition) is 5. The maximum Gasteiger partial charge on any atom is 0.247 e. The molecule has 0 aliphatic carbocycles. The Bertz CT molecular complexity index is 783. The molecule has 21 heavy (non-hydrogen) atoms. The first-order chi connectivity index (χ1) is 10.2. The lowest BCUT2D eigenvalue weighted by Crippen LogP contribution is -1.95. The van der Waals surface area contributed by atoms with E-state index in [0.717, 1.165) is 11.1 Å². The zero-order valence-electron chi connectivity index (χ0n) is 11.8. The molecule has 0 spiro atoms. The largest absolute Gasteiger partial charge is 0.493 e. The van der Waals surface area contributed by atoms with Crippen LogP contribution in [0.3, 0.4) is 0 Å². The third-order valence-electron chi connectivity index (χ3n) is 3.23. The molecule has 0 amide bonds. The van der Waals surface area contributed by atoms with Gasteiger partial charge in [-0.3, -0.25) is 0 Å². The predicted molar refractivity (Wildman–Crippen MR) is 77.5 cm³/mol. The van der Waals surface area contributed by atoms with Gasteiger partial charge >= 0.3 is 0 Å². The number of fused-ring (bicyclic) bond motifs is 1. The van der Waals surface area contributed by atoms with Gasteiger partial charge in [-0.2, -0.15) is 0 Å². The Kier molecular flexibility index (Phi) is 3.45. The highest BCUT2D eigenvalue weighted by Gasteiger charge is 2.12. The number of imidazole rings is 1. The van der Waals surface area contributed by atoms with Crippen LogP contribution >= 0.6 is 0 Å². The number of benzene rings is 1. The lowest BCUT2D eigenvalue weighted by atomic mass is 10.2. The van der Waals surface area contributed by atoms with Crippen LogP contribution in [0.4, 0.5) is 0 Å². The van der Waals surface area contributed by atoms with Gasteiger partial charge in [0.15, 0.2) is 17.0 Å². The molecule has 2 aromatic heterocycles. The molecule has 0 radical (unpaired) electrons. The van der Waals surface area contributed by atoms with E-state index in [-0.39, 0.29) is 6.61 Å². The summed E-state index contributed by atoms with van der Waals surface area (Å²) in [4.78, 5) is 8.53. The van der Waals surface area contributed by atoms with Crippen molar-refractivity contribution in [2.45, 2.75) is 6.61 Å². The number of aryl methyl sites for hydroxylation is 1. The molecule has 0 unspecified atom stereocenters. The van der Waals surface area contributed by atoms with Gasteiger partial charge in [-0.15, -0.1) is 0 Å². The second-order valence-electron chi connectivity index (χ2n) is 4.58. The Hall–Kier alpha value is -2.60. The van der Waals surface area contributed by atoms with Crippen LogP contribution in [0, 0.1) is 0 Å². The molecule has 0 saturated carbocycles. The van der Waals surface area contributed by atoms with Gasteiger partial charge in [0.2, 0.25) is 5.88 Å². The van der Waals surface area contributed by atoms with E-state index in [9.17, 15) is 0 Å². The maximum absolute atomic E-state index is 9.16. The lowest BCUT2D eigenvalue weighted by molar-refractivity contribution is 0.280. The van der Waals surface area contributed by atoms with E-state index in [1.807, 2.05) is 17.7 Å². The lowest BCUT2D eigenvalue weighted by Gasteiger charge is -2.11. The van der Waals surface area contributed by atoms with E-state index < -0.39 is 0 Å². The zero-order chi connectivity index (χ0) is 14.8. The smallest absolute Gasteiger partial charge is 0.247 e. The summed E-state index contributed by atoms with van der Waals surface area (Å²) in [5.74, 6) is 1.49. The monoisotopic (exact) mass is 285 g/mol. The summed E-state index contributed by atoms with van der Waals surface area (Å²) >= 11 is 0. The number of methoxy groups -OCH3 is 1. The Balaban J connectivity index is 2.02. The number of pyridine rings is 1. The molecule has 6 nitrogen and oxygen atoms in total. The van der Waals surface area contributed by atoms with Crippen molar-refractivity contribution in [1.29, 1.82) is 0 Å². The average Bonchev–Trinajstić information content (AvgIpc) is 2.90. The van der Waals surface area contributed by atoms with Crippen molar-refractivity contribution >= 4 is 11.0 Å². The van der Waals surface area contributed by atoms with Gasteiger partial charge in [-0.25, -0.2) is 9.97 Å². The second kappa shape index (κ2) is 5.41. The highest BCUT2D eigenvalue weighted by molar-refractivity contribution is 5.80. The van der Waals surface area contributed by atoms with Crippen LogP contribution < -0.4 is 9.47 Å². The molecule has 0 atom stereocenters. The Morgan fingerprint density at radius 3 is 2.81 bits per heavy atom. The van der Waals surface area contributed by atoms with Gasteiger partial charge in [0.1, 0.15) is 0 Å². The minimum atomic E-state index is -0.0509. The molecule has 0 bridgehead atoms. The van der Waals surface area contributed by atoms with Crippen molar-refractivity contribution in [3.8, 4) is 17.4 Å². The first-order valence-corrected chi connectivity index (χ1v) is 6.44. The molecule has 108 valence electrons. The van der Waals surface area contributed by atoms with Crippen molar-refractivity contribution in [3.63, 3.8) is 0 Å². The summed E-state index contributed by atoms with van der Waals surface area (Å²) in [5.41, 5.74) is 2.38. The number of hydrogen-bond donors (Lipinski definition) is 1. The Morgan fingerprint density at radius 2 is 2.05 bits per heavy atom. The van der Waals surface area contributed by atoms with E-state index in [0.29, 0.717) is 22.9 Å². The topological polar surface area (TPSA) is 69.4 Å². The van der Waals surface area contributed by atoms with Gasteiger partial charge in [0, 0.05) is 13.2 Å². The van der Waals surface area contributed by atoms with Crippen LogP contribution in [0.15, 0.2) is 36.8 Å². The van der Waals surface area contributed by atoms with Crippen LogP contribution in [-0.4, -0.2) is 26.8 Å². The van der Waals surface area contributed by atoms with E-state index in [1.54, 1.807) is 37.8 Å². The number of nitrogens with zero attached hydrogens (tertiary/aromatic N) is 3.